The number of allylic oxidation sites excluding steroid dienone is 1. The van der Waals surface area contributed by atoms with E-state index >= 15 is 0 Å². The highest BCUT2D eigenvalue weighted by molar-refractivity contribution is 6.26. The standard InChI is InChI=1S/C18H20N2O3/c1-23-13-6-4-5-12(9-13)10-20-18(22)15-11-19-16-8-3-2-7-14(16)17(15)21/h4-7,9,11,16,19H,2-3,8,10H2,1H3,(H,20,22). The van der Waals surface area contributed by atoms with E-state index in [1.807, 2.05) is 30.3 Å². The van der Waals surface area contributed by atoms with Gasteiger partial charge < -0.3 is 15.4 Å². The van der Waals surface area contributed by atoms with Crippen LogP contribution < -0.4 is 15.4 Å². The summed E-state index contributed by atoms with van der Waals surface area (Å²) in [6.45, 7) is 0.350. The number of hydrogen-bond donors (Lipinski definition) is 2. The molecule has 120 valence electrons. The molecule has 1 aliphatic carbocycles. The van der Waals surface area contributed by atoms with Crippen LogP contribution in [0.3, 0.4) is 0 Å². The first-order chi connectivity index (χ1) is 11.2. The van der Waals surface area contributed by atoms with Crippen LogP contribution in [0.1, 0.15) is 24.8 Å². The van der Waals surface area contributed by atoms with E-state index in [4.69, 9.17) is 4.74 Å². The van der Waals surface area contributed by atoms with E-state index in [1.54, 1.807) is 13.3 Å². The smallest absolute Gasteiger partial charge is 0.257 e. The Labute approximate surface area is 135 Å². The van der Waals surface area contributed by atoms with E-state index < -0.39 is 0 Å². The van der Waals surface area contributed by atoms with Gasteiger partial charge >= 0.3 is 0 Å². The molecule has 0 bridgehead atoms. The Morgan fingerprint density at radius 2 is 2.30 bits per heavy atom. The van der Waals surface area contributed by atoms with E-state index in [0.717, 1.165) is 36.1 Å². The van der Waals surface area contributed by atoms with Crippen LogP contribution in [-0.2, 0) is 16.1 Å². The van der Waals surface area contributed by atoms with Crippen molar-refractivity contribution in [2.75, 3.05) is 7.11 Å². The van der Waals surface area contributed by atoms with E-state index in [0.29, 0.717) is 6.54 Å². The van der Waals surface area contributed by atoms with Gasteiger partial charge in [0, 0.05) is 18.3 Å². The minimum absolute atomic E-state index is 0.0613. The third-order valence-electron chi connectivity index (χ3n) is 4.20. The number of ether oxygens (including phenoxy) is 1. The fourth-order valence-corrected chi connectivity index (χ4v) is 2.93. The van der Waals surface area contributed by atoms with Gasteiger partial charge in [0.2, 0.25) is 0 Å². The van der Waals surface area contributed by atoms with E-state index in [9.17, 15) is 9.59 Å². The second-order valence-corrected chi connectivity index (χ2v) is 5.73. The third kappa shape index (κ3) is 3.28. The summed E-state index contributed by atoms with van der Waals surface area (Å²) >= 11 is 0. The minimum atomic E-state index is -0.352. The zero-order chi connectivity index (χ0) is 16.2. The predicted octanol–water partition coefficient (Wildman–Crippen LogP) is 1.85. The lowest BCUT2D eigenvalue weighted by atomic mass is 9.86. The number of nitrogens with one attached hydrogen (secondary N) is 2. The van der Waals surface area contributed by atoms with Gasteiger partial charge in [-0.1, -0.05) is 18.2 Å². The van der Waals surface area contributed by atoms with Crippen LogP contribution in [0.25, 0.3) is 0 Å². The van der Waals surface area contributed by atoms with Crippen LogP contribution in [0.5, 0.6) is 5.75 Å². The highest BCUT2D eigenvalue weighted by atomic mass is 16.5. The Kier molecular flexibility index (Phi) is 4.46. The predicted molar refractivity (Wildman–Crippen MR) is 86.8 cm³/mol. The van der Waals surface area contributed by atoms with Gasteiger partial charge in [0.1, 0.15) is 11.3 Å². The lowest BCUT2D eigenvalue weighted by Crippen LogP contribution is -2.41. The molecule has 0 saturated heterocycles. The zero-order valence-corrected chi connectivity index (χ0v) is 13.1. The summed E-state index contributed by atoms with van der Waals surface area (Å²) < 4.78 is 5.16. The third-order valence-corrected chi connectivity index (χ3v) is 4.20. The number of methoxy groups -OCH3 is 1. The Morgan fingerprint density at radius 3 is 3.13 bits per heavy atom. The molecule has 1 aliphatic heterocycles. The van der Waals surface area contributed by atoms with Crippen molar-refractivity contribution in [3.05, 3.63) is 53.3 Å². The normalized spacial score (nSPS) is 19.9. The second kappa shape index (κ2) is 6.69. The van der Waals surface area contributed by atoms with Gasteiger partial charge in [-0.2, -0.15) is 0 Å². The van der Waals surface area contributed by atoms with Crippen LogP contribution in [0.15, 0.2) is 47.7 Å². The van der Waals surface area contributed by atoms with Crippen molar-refractivity contribution < 1.29 is 14.3 Å². The van der Waals surface area contributed by atoms with Crippen LogP contribution in [0.4, 0.5) is 0 Å². The molecular weight excluding hydrogens is 292 g/mol. The molecule has 1 aromatic rings. The molecule has 0 aromatic heterocycles. The zero-order valence-electron chi connectivity index (χ0n) is 13.1. The maximum atomic E-state index is 12.5. The summed E-state index contributed by atoms with van der Waals surface area (Å²) in [7, 11) is 1.60. The van der Waals surface area contributed by atoms with Gasteiger partial charge in [-0.25, -0.2) is 0 Å². The number of rotatable bonds is 4. The van der Waals surface area contributed by atoms with Crippen LogP contribution in [-0.4, -0.2) is 24.8 Å². The maximum Gasteiger partial charge on any atom is 0.257 e. The molecule has 2 N–H and O–H groups in total. The number of ketones is 1. The summed E-state index contributed by atoms with van der Waals surface area (Å²) in [5.41, 5.74) is 1.83. The van der Waals surface area contributed by atoms with Crippen molar-refractivity contribution in [1.82, 2.24) is 10.6 Å². The van der Waals surface area contributed by atoms with E-state index in [2.05, 4.69) is 10.6 Å². The van der Waals surface area contributed by atoms with Crippen molar-refractivity contribution >= 4 is 11.7 Å². The summed E-state index contributed by atoms with van der Waals surface area (Å²) in [6, 6.07) is 7.53. The van der Waals surface area contributed by atoms with Crippen molar-refractivity contribution in [2.45, 2.75) is 31.8 Å². The Morgan fingerprint density at radius 1 is 1.43 bits per heavy atom. The minimum Gasteiger partial charge on any atom is -0.497 e. The van der Waals surface area contributed by atoms with Gasteiger partial charge in [0.05, 0.1) is 13.2 Å². The van der Waals surface area contributed by atoms with Crippen LogP contribution >= 0.6 is 0 Å². The van der Waals surface area contributed by atoms with E-state index in [-0.39, 0.29) is 23.3 Å². The number of hydrogen-bond acceptors (Lipinski definition) is 4. The first-order valence-corrected chi connectivity index (χ1v) is 7.81. The Bertz CT molecular complexity index is 691. The van der Waals surface area contributed by atoms with Gasteiger partial charge in [-0.05, 0) is 37.0 Å². The van der Waals surface area contributed by atoms with Crippen molar-refractivity contribution in [2.24, 2.45) is 0 Å². The number of carbonyl (C=O) groups is 2. The van der Waals surface area contributed by atoms with Crippen molar-refractivity contribution in [3.63, 3.8) is 0 Å². The van der Waals surface area contributed by atoms with Crippen LogP contribution in [0.2, 0.25) is 0 Å². The van der Waals surface area contributed by atoms with Crippen molar-refractivity contribution in [1.29, 1.82) is 0 Å². The van der Waals surface area contributed by atoms with E-state index in [1.165, 1.54) is 0 Å². The lowest BCUT2D eigenvalue weighted by molar-refractivity contribution is -0.121. The first kappa shape index (κ1) is 15.3. The average Bonchev–Trinajstić information content (AvgIpc) is 2.60. The quantitative estimate of drug-likeness (QED) is 0.833. The molecule has 23 heavy (non-hydrogen) atoms. The number of fused-ring (bicyclic) bond motifs is 1. The Hall–Kier alpha value is -2.56. The fraction of sp³-hybridized carbons (Fsp3) is 0.333. The number of amides is 1. The molecular formula is C18H20N2O3. The molecule has 0 fully saturated rings. The molecule has 2 aliphatic rings. The van der Waals surface area contributed by atoms with Gasteiger partial charge in [0.15, 0.2) is 5.78 Å². The molecule has 1 amide bonds. The molecule has 3 rings (SSSR count). The monoisotopic (exact) mass is 312 g/mol. The lowest BCUT2D eigenvalue weighted by Gasteiger charge is -2.28. The first-order valence-electron chi connectivity index (χ1n) is 7.81. The molecule has 1 atom stereocenters. The highest BCUT2D eigenvalue weighted by Crippen LogP contribution is 2.25. The summed E-state index contributed by atoms with van der Waals surface area (Å²) in [5, 5.41) is 5.96. The fourth-order valence-electron chi connectivity index (χ4n) is 2.93. The molecule has 0 saturated carbocycles. The SMILES string of the molecule is COc1cccc(CNC(=O)C2=CNC3CCCC=C3C2=O)c1. The summed E-state index contributed by atoms with van der Waals surface area (Å²) in [4.78, 5) is 24.8. The molecule has 5 heteroatoms. The Balaban J connectivity index is 1.66. The largest absolute Gasteiger partial charge is 0.497 e. The van der Waals surface area contributed by atoms with Crippen molar-refractivity contribution in [3.8, 4) is 5.75 Å². The highest BCUT2D eigenvalue weighted by Gasteiger charge is 2.31. The molecule has 1 aromatic carbocycles. The van der Waals surface area contributed by atoms with Gasteiger partial charge in [0.25, 0.3) is 5.91 Å². The van der Waals surface area contributed by atoms with Crippen LogP contribution in [0, 0.1) is 0 Å². The molecule has 0 spiro atoms. The van der Waals surface area contributed by atoms with Gasteiger partial charge in [-0.15, -0.1) is 0 Å². The molecule has 0 radical (unpaired) electrons. The number of carbonyl (C=O) groups excluding carboxylic acids is 2. The topological polar surface area (TPSA) is 67.4 Å². The molecule has 1 heterocycles. The number of benzene rings is 1. The van der Waals surface area contributed by atoms with Gasteiger partial charge in [-0.3, -0.25) is 9.59 Å². The number of Topliss-reactive ketones (excluding diaryl/α,β-unsaturated/α-hetero) is 1. The maximum absolute atomic E-state index is 12.5. The molecule has 5 nitrogen and oxygen atoms in total. The molecule has 1 unspecified atom stereocenters. The summed E-state index contributed by atoms with van der Waals surface area (Å²) in [6.07, 6.45) is 6.41. The average molecular weight is 312 g/mol. The second-order valence-electron chi connectivity index (χ2n) is 5.73. The summed E-state index contributed by atoms with van der Waals surface area (Å²) in [5.74, 6) is 0.230.